The van der Waals surface area contributed by atoms with Gasteiger partial charge in [-0.3, -0.25) is 4.79 Å². The van der Waals surface area contributed by atoms with Gasteiger partial charge in [0.1, 0.15) is 0 Å². The second-order valence-corrected chi connectivity index (χ2v) is 4.50. The van der Waals surface area contributed by atoms with Gasteiger partial charge in [-0.15, -0.1) is 6.42 Å². The summed E-state index contributed by atoms with van der Waals surface area (Å²) >= 11 is 0. The Hall–Kier alpha value is -1.62. The Morgan fingerprint density at radius 3 is 2.84 bits per heavy atom. The molecule has 0 aromatic rings. The third-order valence-electron chi connectivity index (χ3n) is 3.77. The summed E-state index contributed by atoms with van der Waals surface area (Å²) in [7, 11) is 2.55. The van der Waals surface area contributed by atoms with Gasteiger partial charge in [-0.05, 0) is 0 Å². The van der Waals surface area contributed by atoms with Crippen molar-refractivity contribution in [1.29, 1.82) is 0 Å². The number of rotatable bonds is 3. The molecule has 2 fully saturated rings. The number of carbonyl (C=O) groups excluding carboxylic acids is 2. The third-order valence-corrected chi connectivity index (χ3v) is 3.77. The fourth-order valence-electron chi connectivity index (χ4n) is 2.78. The molecule has 0 bridgehead atoms. The molecule has 0 aromatic carbocycles. The highest BCUT2D eigenvalue weighted by atomic mass is 16.7. The smallest absolute Gasteiger partial charge is 0.338 e. The van der Waals surface area contributed by atoms with Crippen LogP contribution in [0.4, 0.5) is 0 Å². The second-order valence-electron chi connectivity index (χ2n) is 4.50. The summed E-state index contributed by atoms with van der Waals surface area (Å²) in [6, 6.07) is 0. The minimum absolute atomic E-state index is 0.214. The molecule has 19 heavy (non-hydrogen) atoms. The van der Waals surface area contributed by atoms with Crippen LogP contribution in [0.15, 0.2) is 0 Å². The number of aliphatic hydroxyl groups excluding tert-OH is 1. The lowest BCUT2D eigenvalue weighted by Gasteiger charge is -2.36. The number of terminal acetylenes is 1. The minimum Gasteiger partial charge on any atom is -0.467 e. The van der Waals surface area contributed by atoms with E-state index in [0.29, 0.717) is 0 Å². The number of fused-ring (bicyclic) bond motifs is 1. The van der Waals surface area contributed by atoms with E-state index >= 15 is 0 Å². The van der Waals surface area contributed by atoms with Gasteiger partial charge in [0.05, 0.1) is 19.6 Å². The van der Waals surface area contributed by atoms with Gasteiger partial charge in [-0.25, -0.2) is 4.79 Å². The number of amides is 1. The molecule has 4 atom stereocenters. The quantitative estimate of drug-likeness (QED) is 0.473. The molecule has 7 nitrogen and oxygen atoms in total. The van der Waals surface area contributed by atoms with E-state index in [0.717, 1.165) is 7.11 Å². The summed E-state index contributed by atoms with van der Waals surface area (Å²) < 4.78 is 15.3. The Bertz CT molecular complexity index is 458. The van der Waals surface area contributed by atoms with Crippen molar-refractivity contribution in [1.82, 2.24) is 5.32 Å². The zero-order valence-corrected chi connectivity index (χ0v) is 10.6. The first-order valence-electron chi connectivity index (χ1n) is 5.71. The van der Waals surface area contributed by atoms with E-state index in [-0.39, 0.29) is 6.42 Å². The molecule has 2 saturated heterocycles. The van der Waals surface area contributed by atoms with Crippen molar-refractivity contribution in [3.63, 3.8) is 0 Å². The molecule has 2 rings (SSSR count). The van der Waals surface area contributed by atoms with Crippen molar-refractivity contribution in [2.45, 2.75) is 23.9 Å². The standard InChI is InChI=1S/C12H15NO6/c1-4-12-7(5-8(17-2)19-12)9(15)13-11(12,6-14)10(16)18-3/h1,7-8,14H,5-6H2,2-3H3,(H,13,15)/t7?,8-,11-,12-/m0/s1. The topological polar surface area (TPSA) is 94.1 Å². The van der Waals surface area contributed by atoms with Gasteiger partial charge in [-0.1, -0.05) is 5.92 Å². The molecule has 0 radical (unpaired) electrons. The molecule has 0 spiro atoms. The summed E-state index contributed by atoms with van der Waals surface area (Å²) in [5.41, 5.74) is -3.40. The van der Waals surface area contributed by atoms with Crippen molar-refractivity contribution in [3.8, 4) is 12.3 Å². The molecule has 0 saturated carbocycles. The molecular formula is C12H15NO6. The average molecular weight is 269 g/mol. The monoisotopic (exact) mass is 269 g/mol. The summed E-state index contributed by atoms with van der Waals surface area (Å²) in [6.45, 7) is -0.720. The van der Waals surface area contributed by atoms with Gasteiger partial charge in [-0.2, -0.15) is 0 Å². The second kappa shape index (κ2) is 4.49. The van der Waals surface area contributed by atoms with Crippen molar-refractivity contribution in [3.05, 3.63) is 0 Å². The van der Waals surface area contributed by atoms with Gasteiger partial charge < -0.3 is 24.6 Å². The Kier molecular flexibility index (Phi) is 3.26. The summed E-state index contributed by atoms with van der Waals surface area (Å²) in [4.78, 5) is 24.0. The number of nitrogens with one attached hydrogen (secondary N) is 1. The first-order valence-corrected chi connectivity index (χ1v) is 5.71. The molecule has 2 N–H and O–H groups in total. The SMILES string of the molecule is C#C[C@]12O[C@H](OC)CC1C(=O)N[C@@]2(CO)C(=O)OC. The van der Waals surface area contributed by atoms with E-state index in [4.69, 9.17) is 15.9 Å². The maximum Gasteiger partial charge on any atom is 0.338 e. The average Bonchev–Trinajstić information content (AvgIpc) is 2.93. The number of hydrogen-bond acceptors (Lipinski definition) is 6. The highest BCUT2D eigenvalue weighted by molar-refractivity contribution is 5.97. The lowest BCUT2D eigenvalue weighted by atomic mass is 9.76. The first kappa shape index (κ1) is 13.8. The molecule has 0 aromatic heterocycles. The predicted molar refractivity (Wildman–Crippen MR) is 61.5 cm³/mol. The van der Waals surface area contributed by atoms with Crippen molar-refractivity contribution >= 4 is 11.9 Å². The Morgan fingerprint density at radius 2 is 2.37 bits per heavy atom. The summed E-state index contributed by atoms with van der Waals surface area (Å²) in [5.74, 6) is 0.267. The van der Waals surface area contributed by atoms with Crippen LogP contribution in [0.2, 0.25) is 0 Å². The molecule has 2 aliphatic rings. The fraction of sp³-hybridized carbons (Fsp3) is 0.667. The van der Waals surface area contributed by atoms with Crippen molar-refractivity contribution < 1.29 is 28.9 Å². The lowest BCUT2D eigenvalue weighted by molar-refractivity contribution is -0.182. The Balaban J connectivity index is 2.54. The van der Waals surface area contributed by atoms with Crippen LogP contribution in [0.5, 0.6) is 0 Å². The van der Waals surface area contributed by atoms with Gasteiger partial charge in [0.15, 0.2) is 11.9 Å². The van der Waals surface area contributed by atoms with Crippen LogP contribution in [-0.4, -0.2) is 55.2 Å². The van der Waals surface area contributed by atoms with Gasteiger partial charge >= 0.3 is 5.97 Å². The van der Waals surface area contributed by atoms with Crippen LogP contribution >= 0.6 is 0 Å². The normalized spacial score (nSPS) is 40.4. The first-order chi connectivity index (χ1) is 9.01. The summed E-state index contributed by atoms with van der Waals surface area (Å²) in [6.07, 6.45) is 5.00. The largest absolute Gasteiger partial charge is 0.467 e. The van der Waals surface area contributed by atoms with Crippen molar-refractivity contribution in [2.75, 3.05) is 20.8 Å². The van der Waals surface area contributed by atoms with Crippen LogP contribution in [-0.2, 0) is 23.8 Å². The van der Waals surface area contributed by atoms with E-state index in [2.05, 4.69) is 16.0 Å². The van der Waals surface area contributed by atoms with E-state index in [9.17, 15) is 14.7 Å². The predicted octanol–water partition coefficient (Wildman–Crippen LogP) is -1.60. The van der Waals surface area contributed by atoms with E-state index < -0.39 is 41.8 Å². The lowest BCUT2D eigenvalue weighted by Crippen LogP contribution is -2.66. The van der Waals surface area contributed by atoms with Crippen LogP contribution < -0.4 is 5.32 Å². The molecule has 1 unspecified atom stereocenters. The molecule has 2 aliphatic heterocycles. The maximum atomic E-state index is 12.0. The van der Waals surface area contributed by atoms with Crippen LogP contribution in [0.1, 0.15) is 6.42 Å². The zero-order valence-electron chi connectivity index (χ0n) is 10.6. The molecule has 0 aliphatic carbocycles. The number of ether oxygens (including phenoxy) is 3. The van der Waals surface area contributed by atoms with E-state index in [1.165, 1.54) is 7.11 Å². The molecule has 7 heteroatoms. The molecular weight excluding hydrogens is 254 g/mol. The molecule has 104 valence electrons. The zero-order chi connectivity index (χ0) is 14.3. The third kappa shape index (κ3) is 1.51. The highest BCUT2D eigenvalue weighted by Crippen LogP contribution is 2.48. The fourth-order valence-corrected chi connectivity index (χ4v) is 2.78. The number of hydrogen-bond donors (Lipinski definition) is 2. The van der Waals surface area contributed by atoms with Gasteiger partial charge in [0, 0.05) is 13.5 Å². The van der Waals surface area contributed by atoms with E-state index in [1.807, 2.05) is 0 Å². The molecule has 1 amide bonds. The van der Waals surface area contributed by atoms with Gasteiger partial charge in [0.2, 0.25) is 11.4 Å². The van der Waals surface area contributed by atoms with Crippen LogP contribution in [0.3, 0.4) is 0 Å². The molecule has 2 heterocycles. The number of esters is 1. The minimum atomic E-state index is -1.80. The van der Waals surface area contributed by atoms with E-state index in [1.54, 1.807) is 0 Å². The Morgan fingerprint density at radius 1 is 1.68 bits per heavy atom. The maximum absolute atomic E-state index is 12.0. The number of aliphatic hydroxyl groups is 1. The summed E-state index contributed by atoms with van der Waals surface area (Å²) in [5, 5.41) is 12.0. The highest BCUT2D eigenvalue weighted by Gasteiger charge is 2.73. The van der Waals surface area contributed by atoms with Crippen molar-refractivity contribution in [2.24, 2.45) is 5.92 Å². The Labute approximate surface area is 110 Å². The number of methoxy groups -OCH3 is 2. The van der Waals surface area contributed by atoms with Crippen LogP contribution in [0.25, 0.3) is 0 Å². The number of carbonyl (C=O) groups is 2. The van der Waals surface area contributed by atoms with Crippen LogP contribution in [0, 0.1) is 18.3 Å². The van der Waals surface area contributed by atoms with Gasteiger partial charge in [0.25, 0.3) is 0 Å².